The second-order valence-electron chi connectivity index (χ2n) is 4.04. The molecular weight excluding hydrogens is 308 g/mol. The van der Waals surface area contributed by atoms with Crippen molar-refractivity contribution in [1.29, 1.82) is 0 Å². The van der Waals surface area contributed by atoms with Crippen molar-refractivity contribution in [3.63, 3.8) is 0 Å². The van der Waals surface area contributed by atoms with Gasteiger partial charge in [0.15, 0.2) is 0 Å². The van der Waals surface area contributed by atoms with E-state index >= 15 is 0 Å². The fourth-order valence-corrected chi connectivity index (χ4v) is 2.11. The summed E-state index contributed by atoms with van der Waals surface area (Å²) in [6, 6.07) is 10.8. The minimum atomic E-state index is 0.638. The highest BCUT2D eigenvalue weighted by molar-refractivity contribution is 9.10. The van der Waals surface area contributed by atoms with E-state index in [2.05, 4.69) is 15.9 Å². The molecule has 0 atom stereocenters. The molecule has 0 radical (unpaired) electrons. The van der Waals surface area contributed by atoms with Gasteiger partial charge >= 0.3 is 0 Å². The zero-order chi connectivity index (χ0) is 13.8. The third kappa shape index (κ3) is 3.15. The SMILES string of the molecule is COc1ccc(Oc2ccc(C=O)cc2C)c(Br)c1. The number of methoxy groups -OCH3 is 1. The van der Waals surface area contributed by atoms with E-state index in [1.807, 2.05) is 25.1 Å². The van der Waals surface area contributed by atoms with Gasteiger partial charge in [-0.2, -0.15) is 0 Å². The number of aryl methyl sites for hydroxylation is 1. The van der Waals surface area contributed by atoms with Gasteiger partial charge in [0.05, 0.1) is 11.6 Å². The number of halogens is 1. The van der Waals surface area contributed by atoms with Crippen LogP contribution in [0.1, 0.15) is 15.9 Å². The summed E-state index contributed by atoms with van der Waals surface area (Å²) in [5.74, 6) is 2.17. The van der Waals surface area contributed by atoms with Crippen LogP contribution >= 0.6 is 15.9 Å². The van der Waals surface area contributed by atoms with Gasteiger partial charge in [0, 0.05) is 5.56 Å². The molecule has 0 fully saturated rings. The van der Waals surface area contributed by atoms with E-state index < -0.39 is 0 Å². The minimum absolute atomic E-state index is 0.638. The molecule has 0 aliphatic carbocycles. The van der Waals surface area contributed by atoms with Crippen LogP contribution < -0.4 is 9.47 Å². The second-order valence-corrected chi connectivity index (χ2v) is 4.90. The number of benzene rings is 2. The maximum absolute atomic E-state index is 10.7. The summed E-state index contributed by atoms with van der Waals surface area (Å²) in [5, 5.41) is 0. The summed E-state index contributed by atoms with van der Waals surface area (Å²) < 4.78 is 11.8. The van der Waals surface area contributed by atoms with Crippen molar-refractivity contribution < 1.29 is 14.3 Å². The molecule has 2 aromatic carbocycles. The lowest BCUT2D eigenvalue weighted by atomic mass is 10.1. The lowest BCUT2D eigenvalue weighted by Gasteiger charge is -2.11. The van der Waals surface area contributed by atoms with Gasteiger partial charge in [-0.1, -0.05) is 0 Å². The summed E-state index contributed by atoms with van der Waals surface area (Å²) in [6.07, 6.45) is 0.820. The minimum Gasteiger partial charge on any atom is -0.497 e. The Morgan fingerprint density at radius 3 is 2.42 bits per heavy atom. The molecule has 2 aromatic rings. The van der Waals surface area contributed by atoms with Crippen LogP contribution in [0.3, 0.4) is 0 Å². The highest BCUT2D eigenvalue weighted by Gasteiger charge is 2.07. The average molecular weight is 321 g/mol. The fraction of sp³-hybridized carbons (Fsp3) is 0.133. The first-order valence-corrected chi connectivity index (χ1v) is 6.50. The second kappa shape index (κ2) is 5.89. The largest absolute Gasteiger partial charge is 0.497 e. The fourth-order valence-electron chi connectivity index (χ4n) is 1.67. The first-order valence-electron chi connectivity index (χ1n) is 5.71. The van der Waals surface area contributed by atoms with Gasteiger partial charge in [0.25, 0.3) is 0 Å². The predicted octanol–water partition coefficient (Wildman–Crippen LogP) is 4.37. The van der Waals surface area contributed by atoms with Gasteiger partial charge in [0.1, 0.15) is 23.5 Å². The Kier molecular flexibility index (Phi) is 4.22. The van der Waals surface area contributed by atoms with Crippen LogP contribution in [0, 0.1) is 6.92 Å². The number of ether oxygens (including phenoxy) is 2. The smallest absolute Gasteiger partial charge is 0.150 e. The Morgan fingerprint density at radius 1 is 1.11 bits per heavy atom. The van der Waals surface area contributed by atoms with Crippen molar-refractivity contribution in [3.05, 3.63) is 52.0 Å². The van der Waals surface area contributed by atoms with Crippen molar-refractivity contribution in [2.45, 2.75) is 6.92 Å². The molecule has 0 aliphatic rings. The van der Waals surface area contributed by atoms with Crippen LogP contribution in [0.4, 0.5) is 0 Å². The molecule has 19 heavy (non-hydrogen) atoms. The van der Waals surface area contributed by atoms with Crippen LogP contribution in [-0.2, 0) is 0 Å². The van der Waals surface area contributed by atoms with Crippen molar-refractivity contribution in [1.82, 2.24) is 0 Å². The molecule has 0 spiro atoms. The van der Waals surface area contributed by atoms with Crippen LogP contribution in [0.2, 0.25) is 0 Å². The van der Waals surface area contributed by atoms with E-state index in [1.54, 1.807) is 25.3 Å². The normalized spacial score (nSPS) is 10.1. The Labute approximate surface area is 120 Å². The van der Waals surface area contributed by atoms with Crippen molar-refractivity contribution in [2.24, 2.45) is 0 Å². The highest BCUT2D eigenvalue weighted by Crippen LogP contribution is 2.33. The van der Waals surface area contributed by atoms with Gasteiger partial charge in [0.2, 0.25) is 0 Å². The molecule has 0 bridgehead atoms. The molecule has 2 rings (SSSR count). The number of rotatable bonds is 4. The molecule has 0 heterocycles. The molecular formula is C15H13BrO3. The van der Waals surface area contributed by atoms with E-state index in [0.717, 1.165) is 27.8 Å². The van der Waals surface area contributed by atoms with E-state index in [1.165, 1.54) is 0 Å². The van der Waals surface area contributed by atoms with Gasteiger partial charge in [-0.3, -0.25) is 4.79 Å². The van der Waals surface area contributed by atoms with E-state index in [4.69, 9.17) is 9.47 Å². The Hall–Kier alpha value is -1.81. The topological polar surface area (TPSA) is 35.5 Å². The van der Waals surface area contributed by atoms with Crippen LogP contribution in [-0.4, -0.2) is 13.4 Å². The summed E-state index contributed by atoms with van der Waals surface area (Å²) in [5.41, 5.74) is 1.55. The van der Waals surface area contributed by atoms with E-state index in [-0.39, 0.29) is 0 Å². The highest BCUT2D eigenvalue weighted by atomic mass is 79.9. The molecule has 3 nitrogen and oxygen atoms in total. The number of hydrogen-bond donors (Lipinski definition) is 0. The quantitative estimate of drug-likeness (QED) is 0.785. The molecule has 0 unspecified atom stereocenters. The first kappa shape index (κ1) is 13.6. The Bertz CT molecular complexity index is 608. The Balaban J connectivity index is 2.28. The van der Waals surface area contributed by atoms with E-state index in [0.29, 0.717) is 11.3 Å². The number of hydrogen-bond acceptors (Lipinski definition) is 3. The molecule has 0 saturated heterocycles. The third-order valence-electron chi connectivity index (χ3n) is 2.69. The lowest BCUT2D eigenvalue weighted by molar-refractivity contribution is 0.112. The molecule has 0 saturated carbocycles. The van der Waals surface area contributed by atoms with Gasteiger partial charge in [-0.15, -0.1) is 0 Å². The molecule has 0 aromatic heterocycles. The average Bonchev–Trinajstić information content (AvgIpc) is 2.42. The van der Waals surface area contributed by atoms with Crippen molar-refractivity contribution in [2.75, 3.05) is 7.11 Å². The summed E-state index contributed by atoms with van der Waals surface area (Å²) in [7, 11) is 1.62. The first-order chi connectivity index (χ1) is 9.13. The predicted molar refractivity (Wildman–Crippen MR) is 77.3 cm³/mol. The monoisotopic (exact) mass is 320 g/mol. The zero-order valence-corrected chi connectivity index (χ0v) is 12.2. The van der Waals surface area contributed by atoms with Crippen LogP contribution in [0.25, 0.3) is 0 Å². The van der Waals surface area contributed by atoms with Crippen LogP contribution in [0.15, 0.2) is 40.9 Å². The number of aldehydes is 1. The third-order valence-corrected chi connectivity index (χ3v) is 3.31. The van der Waals surface area contributed by atoms with Crippen LogP contribution in [0.5, 0.6) is 17.2 Å². The number of carbonyl (C=O) groups excluding carboxylic acids is 1. The zero-order valence-electron chi connectivity index (χ0n) is 10.6. The van der Waals surface area contributed by atoms with Gasteiger partial charge < -0.3 is 9.47 Å². The molecule has 0 N–H and O–H groups in total. The van der Waals surface area contributed by atoms with Crippen molar-refractivity contribution in [3.8, 4) is 17.2 Å². The maximum Gasteiger partial charge on any atom is 0.150 e. The summed E-state index contributed by atoms with van der Waals surface area (Å²) >= 11 is 3.44. The molecule has 0 amide bonds. The number of carbonyl (C=O) groups is 1. The van der Waals surface area contributed by atoms with Gasteiger partial charge in [-0.25, -0.2) is 0 Å². The van der Waals surface area contributed by atoms with Gasteiger partial charge in [-0.05, 0) is 64.8 Å². The van der Waals surface area contributed by atoms with Crippen molar-refractivity contribution >= 4 is 22.2 Å². The summed E-state index contributed by atoms with van der Waals surface area (Å²) in [6.45, 7) is 1.90. The lowest BCUT2D eigenvalue weighted by Crippen LogP contribution is -1.91. The molecule has 98 valence electrons. The standard InChI is InChI=1S/C15H13BrO3/c1-10-7-11(9-17)3-5-14(10)19-15-6-4-12(18-2)8-13(15)16/h3-9H,1-2H3. The maximum atomic E-state index is 10.7. The summed E-state index contributed by atoms with van der Waals surface area (Å²) in [4.78, 5) is 10.7. The molecule has 4 heteroatoms. The Morgan fingerprint density at radius 2 is 1.84 bits per heavy atom. The van der Waals surface area contributed by atoms with E-state index in [9.17, 15) is 4.79 Å². The molecule has 0 aliphatic heterocycles.